The van der Waals surface area contributed by atoms with Crippen molar-refractivity contribution >= 4 is 29.5 Å². The van der Waals surface area contributed by atoms with Crippen LogP contribution in [-0.4, -0.2) is 41.9 Å². The lowest BCUT2D eigenvalue weighted by molar-refractivity contribution is -0.150. The molecule has 8 nitrogen and oxygen atoms in total. The third kappa shape index (κ3) is 4.91. The molecule has 1 fully saturated rings. The van der Waals surface area contributed by atoms with Crippen LogP contribution in [0.4, 0.5) is 10.5 Å². The first-order valence-corrected chi connectivity index (χ1v) is 9.83. The van der Waals surface area contributed by atoms with Crippen LogP contribution in [0, 0.1) is 20.8 Å². The van der Waals surface area contributed by atoms with Crippen LogP contribution in [-0.2, 0) is 24.7 Å². The van der Waals surface area contributed by atoms with Crippen LogP contribution in [0.2, 0.25) is 0 Å². The van der Waals surface area contributed by atoms with Gasteiger partial charge in [0, 0.05) is 5.69 Å². The Morgan fingerprint density at radius 1 is 1.00 bits per heavy atom. The van der Waals surface area contributed by atoms with E-state index in [0.717, 1.165) is 21.6 Å². The number of amides is 4. The number of hydrogen-bond acceptors (Lipinski definition) is 5. The van der Waals surface area contributed by atoms with Gasteiger partial charge < -0.3 is 15.4 Å². The number of carbonyl (C=O) groups excluding carboxylic acids is 4. The Morgan fingerprint density at radius 2 is 1.61 bits per heavy atom. The lowest BCUT2D eigenvalue weighted by Crippen LogP contribution is -2.41. The van der Waals surface area contributed by atoms with Crippen LogP contribution in [0.5, 0.6) is 0 Å². The Hall–Kier alpha value is -3.68. The van der Waals surface area contributed by atoms with Crippen LogP contribution in [0.15, 0.2) is 42.5 Å². The minimum absolute atomic E-state index is 0.514. The number of carbonyl (C=O) groups is 4. The number of aryl methyl sites for hydroxylation is 3. The van der Waals surface area contributed by atoms with Gasteiger partial charge in [-0.05, 0) is 56.5 Å². The molecular weight excluding hydrogens is 398 g/mol. The normalized spacial score (nSPS) is 18.0. The second kappa shape index (κ2) is 8.59. The first-order valence-electron chi connectivity index (χ1n) is 9.83. The van der Waals surface area contributed by atoms with Crippen LogP contribution in [0.1, 0.15) is 29.2 Å². The Bertz CT molecular complexity index is 1030. The summed E-state index contributed by atoms with van der Waals surface area (Å²) in [5.41, 5.74) is 2.93. The fraction of sp³-hybridized carbons (Fsp3) is 0.304. The molecule has 31 heavy (non-hydrogen) atoms. The predicted molar refractivity (Wildman–Crippen MR) is 114 cm³/mol. The highest BCUT2D eigenvalue weighted by Gasteiger charge is 2.49. The lowest BCUT2D eigenvalue weighted by atomic mass is 9.91. The molecule has 1 aliphatic rings. The summed E-state index contributed by atoms with van der Waals surface area (Å²) in [5.74, 6) is -1.93. The third-order valence-electron chi connectivity index (χ3n) is 5.06. The summed E-state index contributed by atoms with van der Waals surface area (Å²) < 4.78 is 4.96. The van der Waals surface area contributed by atoms with Gasteiger partial charge in [-0.25, -0.2) is 4.79 Å². The highest BCUT2D eigenvalue weighted by molar-refractivity contribution is 6.09. The molecule has 1 atom stereocenters. The summed E-state index contributed by atoms with van der Waals surface area (Å²) in [6.45, 7) is 6.21. The van der Waals surface area contributed by atoms with Crippen molar-refractivity contribution in [1.82, 2.24) is 10.2 Å². The number of hydrogen-bond donors (Lipinski definition) is 2. The summed E-state index contributed by atoms with van der Waals surface area (Å²) in [7, 11) is 0. The van der Waals surface area contributed by atoms with Crippen molar-refractivity contribution in [2.45, 2.75) is 33.2 Å². The topological polar surface area (TPSA) is 105 Å². The summed E-state index contributed by atoms with van der Waals surface area (Å²) in [5, 5.41) is 5.28. The highest BCUT2D eigenvalue weighted by Crippen LogP contribution is 2.28. The molecule has 1 aliphatic heterocycles. The monoisotopic (exact) mass is 423 g/mol. The molecule has 0 unspecified atom stereocenters. The van der Waals surface area contributed by atoms with Gasteiger partial charge in [-0.15, -0.1) is 0 Å². The van der Waals surface area contributed by atoms with E-state index in [2.05, 4.69) is 10.6 Å². The molecule has 4 amide bonds. The molecule has 8 heteroatoms. The lowest BCUT2D eigenvalue weighted by Gasteiger charge is -2.22. The highest BCUT2D eigenvalue weighted by atomic mass is 16.5. The predicted octanol–water partition coefficient (Wildman–Crippen LogP) is 2.56. The van der Waals surface area contributed by atoms with Crippen molar-refractivity contribution < 1.29 is 23.9 Å². The van der Waals surface area contributed by atoms with Crippen molar-refractivity contribution in [2.75, 3.05) is 18.5 Å². The Kier molecular flexibility index (Phi) is 6.10. The molecule has 2 N–H and O–H groups in total. The molecule has 2 aromatic carbocycles. The SMILES string of the molecule is Cc1ccc([C@]2(C)NC(=O)N(CC(=O)OCC(=O)Nc3cc(C)cc(C)c3)C2=O)cc1. The zero-order valence-electron chi connectivity index (χ0n) is 17.9. The van der Waals surface area contributed by atoms with E-state index in [-0.39, 0.29) is 0 Å². The molecule has 0 radical (unpaired) electrons. The van der Waals surface area contributed by atoms with E-state index in [1.54, 1.807) is 31.2 Å². The van der Waals surface area contributed by atoms with E-state index in [1.807, 2.05) is 39.0 Å². The van der Waals surface area contributed by atoms with Crippen LogP contribution in [0.3, 0.4) is 0 Å². The van der Waals surface area contributed by atoms with Crippen molar-refractivity contribution in [3.8, 4) is 0 Å². The quantitative estimate of drug-likeness (QED) is 0.549. The maximum Gasteiger partial charge on any atom is 0.326 e. The minimum Gasteiger partial charge on any atom is -0.454 e. The van der Waals surface area contributed by atoms with Crippen molar-refractivity contribution in [3.63, 3.8) is 0 Å². The molecule has 3 rings (SSSR count). The van der Waals surface area contributed by atoms with E-state index < -0.39 is 42.5 Å². The van der Waals surface area contributed by atoms with E-state index in [4.69, 9.17) is 4.74 Å². The van der Waals surface area contributed by atoms with Crippen LogP contribution < -0.4 is 10.6 Å². The zero-order chi connectivity index (χ0) is 22.8. The van der Waals surface area contributed by atoms with Crippen LogP contribution >= 0.6 is 0 Å². The number of urea groups is 1. The third-order valence-corrected chi connectivity index (χ3v) is 5.06. The summed E-state index contributed by atoms with van der Waals surface area (Å²) in [4.78, 5) is 50.2. The first-order chi connectivity index (χ1) is 14.6. The zero-order valence-corrected chi connectivity index (χ0v) is 17.9. The van der Waals surface area contributed by atoms with Gasteiger partial charge in [0.15, 0.2) is 6.61 Å². The second-order valence-corrected chi connectivity index (χ2v) is 7.90. The number of ether oxygens (including phenoxy) is 1. The number of rotatable bonds is 6. The van der Waals surface area contributed by atoms with Crippen molar-refractivity contribution in [1.29, 1.82) is 0 Å². The molecular formula is C23H25N3O5. The molecule has 0 spiro atoms. The van der Waals surface area contributed by atoms with Gasteiger partial charge in [0.05, 0.1) is 0 Å². The van der Waals surface area contributed by atoms with Gasteiger partial charge in [0.25, 0.3) is 11.8 Å². The number of nitrogens with zero attached hydrogens (tertiary/aromatic N) is 1. The molecule has 0 saturated carbocycles. The molecule has 1 saturated heterocycles. The molecule has 162 valence electrons. The molecule has 0 aromatic heterocycles. The maximum atomic E-state index is 12.9. The minimum atomic E-state index is -1.27. The van der Waals surface area contributed by atoms with Gasteiger partial charge >= 0.3 is 12.0 Å². The van der Waals surface area contributed by atoms with E-state index in [9.17, 15) is 19.2 Å². The Balaban J connectivity index is 1.57. The number of benzene rings is 2. The molecule has 0 bridgehead atoms. The number of esters is 1. The fourth-order valence-corrected chi connectivity index (χ4v) is 3.49. The van der Waals surface area contributed by atoms with Gasteiger partial charge in [-0.2, -0.15) is 0 Å². The molecule has 0 aliphatic carbocycles. The second-order valence-electron chi connectivity index (χ2n) is 7.90. The average Bonchev–Trinajstić information content (AvgIpc) is 2.90. The molecule has 2 aromatic rings. The van der Waals surface area contributed by atoms with Gasteiger partial charge in [-0.3, -0.25) is 19.3 Å². The first kappa shape index (κ1) is 22.0. The Labute approximate surface area is 180 Å². The summed E-state index contributed by atoms with van der Waals surface area (Å²) in [6, 6.07) is 12.1. The van der Waals surface area contributed by atoms with E-state index in [0.29, 0.717) is 11.3 Å². The fourth-order valence-electron chi connectivity index (χ4n) is 3.49. The smallest absolute Gasteiger partial charge is 0.326 e. The van der Waals surface area contributed by atoms with Gasteiger partial charge in [0.2, 0.25) is 0 Å². The van der Waals surface area contributed by atoms with Gasteiger partial charge in [0.1, 0.15) is 12.1 Å². The maximum absolute atomic E-state index is 12.9. The molecule has 1 heterocycles. The van der Waals surface area contributed by atoms with Crippen molar-refractivity contribution in [2.24, 2.45) is 0 Å². The number of imide groups is 1. The van der Waals surface area contributed by atoms with Crippen LogP contribution in [0.25, 0.3) is 0 Å². The summed E-state index contributed by atoms with van der Waals surface area (Å²) in [6.07, 6.45) is 0. The van der Waals surface area contributed by atoms with Gasteiger partial charge in [-0.1, -0.05) is 35.9 Å². The largest absolute Gasteiger partial charge is 0.454 e. The standard InChI is InChI=1S/C23H25N3O5/c1-14-5-7-17(8-6-14)23(4)21(29)26(22(30)25-23)12-20(28)31-13-19(27)24-18-10-15(2)9-16(3)11-18/h5-11H,12-13H2,1-4H3,(H,24,27)(H,25,30)/t23-/m0/s1. The van der Waals surface area contributed by atoms with Crippen molar-refractivity contribution in [3.05, 3.63) is 64.7 Å². The average molecular weight is 423 g/mol. The number of nitrogens with one attached hydrogen (secondary N) is 2. The Morgan fingerprint density at radius 3 is 2.23 bits per heavy atom. The van der Waals surface area contributed by atoms with E-state index >= 15 is 0 Å². The van der Waals surface area contributed by atoms with E-state index in [1.165, 1.54) is 0 Å². The number of anilines is 1. The summed E-state index contributed by atoms with van der Waals surface area (Å²) >= 11 is 0.